The van der Waals surface area contributed by atoms with Gasteiger partial charge in [-0.05, 0) is 68.1 Å². The fourth-order valence-electron chi connectivity index (χ4n) is 4.35. The van der Waals surface area contributed by atoms with E-state index >= 15 is 0 Å². The highest BCUT2D eigenvalue weighted by atomic mass is 35.5. The number of rotatable bonds is 4. The zero-order valence-electron chi connectivity index (χ0n) is 13.7. The average Bonchev–Trinajstić information content (AvgIpc) is 2.76. The van der Waals surface area contributed by atoms with Crippen LogP contribution >= 0.6 is 11.6 Å². The van der Waals surface area contributed by atoms with Crippen molar-refractivity contribution in [2.45, 2.75) is 72.1 Å². The molecule has 20 heavy (non-hydrogen) atoms. The van der Waals surface area contributed by atoms with Gasteiger partial charge in [0.1, 0.15) is 0 Å². The molecule has 0 saturated heterocycles. The minimum atomic E-state index is 0.174. The van der Waals surface area contributed by atoms with Crippen LogP contribution in [-0.4, -0.2) is 0 Å². The molecule has 1 heteroatoms. The molecular weight excluding hydrogens is 264 g/mol. The van der Waals surface area contributed by atoms with Crippen molar-refractivity contribution in [1.82, 2.24) is 0 Å². The lowest BCUT2D eigenvalue weighted by Gasteiger charge is -2.37. The normalized spacial score (nSPS) is 19.6. The van der Waals surface area contributed by atoms with Crippen LogP contribution in [0.4, 0.5) is 0 Å². The van der Waals surface area contributed by atoms with Crippen molar-refractivity contribution in [3.63, 3.8) is 0 Å². The van der Waals surface area contributed by atoms with Crippen molar-refractivity contribution in [3.05, 3.63) is 34.4 Å². The van der Waals surface area contributed by atoms with Crippen LogP contribution in [0.5, 0.6) is 0 Å². The van der Waals surface area contributed by atoms with Crippen molar-refractivity contribution < 1.29 is 0 Å². The van der Waals surface area contributed by atoms with Gasteiger partial charge in [0.15, 0.2) is 0 Å². The quantitative estimate of drug-likeness (QED) is 0.556. The molecule has 0 N–H and O–H groups in total. The second-order valence-corrected chi connectivity index (χ2v) is 7.78. The van der Waals surface area contributed by atoms with Gasteiger partial charge in [-0.1, -0.05) is 44.4 Å². The largest absolute Gasteiger partial charge is 0.117 e. The summed E-state index contributed by atoms with van der Waals surface area (Å²) in [5, 5.41) is 0.174. The number of aryl methyl sites for hydroxylation is 3. The average molecular weight is 293 g/mol. The molecule has 0 aliphatic heterocycles. The van der Waals surface area contributed by atoms with E-state index in [-0.39, 0.29) is 5.38 Å². The number of hydrogen-bond acceptors (Lipinski definition) is 0. The summed E-state index contributed by atoms with van der Waals surface area (Å²) in [6.07, 6.45) is 6.55. The van der Waals surface area contributed by atoms with Crippen molar-refractivity contribution >= 4 is 11.6 Å². The lowest BCUT2D eigenvalue weighted by atomic mass is 9.72. The van der Waals surface area contributed by atoms with E-state index in [1.54, 1.807) is 0 Å². The summed E-state index contributed by atoms with van der Waals surface area (Å²) in [7, 11) is 0. The predicted molar refractivity (Wildman–Crippen MR) is 89.6 cm³/mol. The van der Waals surface area contributed by atoms with E-state index in [9.17, 15) is 0 Å². The van der Waals surface area contributed by atoms with E-state index in [2.05, 4.69) is 46.8 Å². The zero-order chi connectivity index (χ0) is 14.9. The minimum Gasteiger partial charge on any atom is -0.117 e. The first kappa shape index (κ1) is 15.9. The number of alkyl halides is 1. The number of halogens is 1. The second-order valence-electron chi connectivity index (χ2n) is 7.34. The van der Waals surface area contributed by atoms with Crippen LogP contribution < -0.4 is 0 Å². The van der Waals surface area contributed by atoms with Crippen LogP contribution in [0.25, 0.3) is 0 Å². The monoisotopic (exact) mass is 292 g/mol. The van der Waals surface area contributed by atoms with E-state index in [1.807, 2.05) is 0 Å². The Morgan fingerprint density at radius 3 is 2.00 bits per heavy atom. The van der Waals surface area contributed by atoms with Crippen molar-refractivity contribution in [3.8, 4) is 0 Å². The Hall–Kier alpha value is -0.490. The maximum Gasteiger partial charge on any atom is 0.0646 e. The van der Waals surface area contributed by atoms with Gasteiger partial charge in [0.2, 0.25) is 0 Å². The third-order valence-electron chi connectivity index (χ3n) is 4.94. The molecule has 0 spiro atoms. The molecule has 0 heterocycles. The molecule has 0 aromatic heterocycles. The van der Waals surface area contributed by atoms with Crippen LogP contribution in [0.15, 0.2) is 12.1 Å². The van der Waals surface area contributed by atoms with E-state index in [1.165, 1.54) is 54.4 Å². The Morgan fingerprint density at radius 1 is 1.05 bits per heavy atom. The fourth-order valence-corrected chi connectivity index (χ4v) is 5.00. The Kier molecular flexibility index (Phi) is 4.84. The summed E-state index contributed by atoms with van der Waals surface area (Å²) < 4.78 is 0. The van der Waals surface area contributed by atoms with Crippen LogP contribution in [0.3, 0.4) is 0 Å². The van der Waals surface area contributed by atoms with E-state index in [0.717, 1.165) is 5.92 Å². The summed E-state index contributed by atoms with van der Waals surface area (Å²) in [6.45, 7) is 11.3. The summed E-state index contributed by atoms with van der Waals surface area (Å²) in [6, 6.07) is 4.57. The van der Waals surface area contributed by atoms with Gasteiger partial charge in [0.05, 0.1) is 5.38 Å². The van der Waals surface area contributed by atoms with Gasteiger partial charge in [-0.3, -0.25) is 0 Å². The number of benzene rings is 1. The fraction of sp³-hybridized carbons (Fsp3) is 0.684. The first-order valence-electron chi connectivity index (χ1n) is 8.07. The molecular formula is C19H29Cl. The Bertz CT molecular complexity index is 444. The molecule has 1 saturated carbocycles. The molecule has 0 radical (unpaired) electrons. The first-order chi connectivity index (χ1) is 9.35. The molecule has 0 nitrogen and oxygen atoms in total. The summed E-state index contributed by atoms with van der Waals surface area (Å²) in [5.74, 6) is 0.723. The molecule has 1 aliphatic rings. The van der Waals surface area contributed by atoms with Gasteiger partial charge < -0.3 is 0 Å². The highest BCUT2D eigenvalue weighted by Gasteiger charge is 2.42. The molecule has 112 valence electrons. The molecule has 1 aliphatic carbocycles. The molecule has 1 aromatic rings. The Morgan fingerprint density at radius 2 is 1.55 bits per heavy atom. The lowest BCUT2D eigenvalue weighted by molar-refractivity contribution is 0.222. The zero-order valence-corrected chi connectivity index (χ0v) is 14.5. The molecule has 1 unspecified atom stereocenters. The SMILES string of the molecule is Cc1cc(C)c(C(Cl)C2(CC(C)C)CCCC2)c(C)c1. The highest BCUT2D eigenvalue weighted by Crippen LogP contribution is 2.55. The number of hydrogen-bond donors (Lipinski definition) is 0. The second kappa shape index (κ2) is 6.10. The Labute approximate surface area is 129 Å². The smallest absolute Gasteiger partial charge is 0.0646 e. The van der Waals surface area contributed by atoms with Crippen LogP contribution in [-0.2, 0) is 0 Å². The predicted octanol–water partition coefficient (Wildman–Crippen LogP) is 6.50. The summed E-state index contributed by atoms with van der Waals surface area (Å²) in [4.78, 5) is 0. The van der Waals surface area contributed by atoms with Crippen molar-refractivity contribution in [1.29, 1.82) is 0 Å². The van der Waals surface area contributed by atoms with Gasteiger partial charge in [-0.2, -0.15) is 0 Å². The maximum atomic E-state index is 7.08. The van der Waals surface area contributed by atoms with Crippen LogP contribution in [0, 0.1) is 32.1 Å². The molecule has 0 amide bonds. The van der Waals surface area contributed by atoms with E-state index < -0.39 is 0 Å². The van der Waals surface area contributed by atoms with Crippen LogP contribution in [0.1, 0.15) is 73.6 Å². The highest BCUT2D eigenvalue weighted by molar-refractivity contribution is 6.21. The van der Waals surface area contributed by atoms with E-state index in [0.29, 0.717) is 5.41 Å². The maximum absolute atomic E-state index is 7.08. The Balaban J connectivity index is 2.40. The molecule has 1 atom stereocenters. The first-order valence-corrected chi connectivity index (χ1v) is 8.51. The van der Waals surface area contributed by atoms with Gasteiger partial charge in [-0.15, -0.1) is 11.6 Å². The van der Waals surface area contributed by atoms with Crippen molar-refractivity contribution in [2.75, 3.05) is 0 Å². The van der Waals surface area contributed by atoms with E-state index in [4.69, 9.17) is 11.6 Å². The molecule has 0 bridgehead atoms. The van der Waals surface area contributed by atoms with Gasteiger partial charge in [0.25, 0.3) is 0 Å². The molecule has 1 fully saturated rings. The summed E-state index contributed by atoms with van der Waals surface area (Å²) >= 11 is 7.08. The minimum absolute atomic E-state index is 0.174. The summed E-state index contributed by atoms with van der Waals surface area (Å²) in [5.41, 5.74) is 5.81. The van der Waals surface area contributed by atoms with Gasteiger partial charge in [-0.25, -0.2) is 0 Å². The lowest BCUT2D eigenvalue weighted by Crippen LogP contribution is -2.26. The topological polar surface area (TPSA) is 0 Å². The van der Waals surface area contributed by atoms with Gasteiger partial charge in [0, 0.05) is 0 Å². The van der Waals surface area contributed by atoms with Crippen LogP contribution in [0.2, 0.25) is 0 Å². The molecule has 1 aromatic carbocycles. The third-order valence-corrected chi connectivity index (χ3v) is 5.62. The van der Waals surface area contributed by atoms with Crippen molar-refractivity contribution in [2.24, 2.45) is 11.3 Å². The molecule has 2 rings (SSSR count). The standard InChI is InChI=1S/C19H29Cl/c1-13(2)12-19(8-6-7-9-19)18(20)17-15(4)10-14(3)11-16(17)5/h10-11,13,18H,6-9,12H2,1-5H3. The van der Waals surface area contributed by atoms with Gasteiger partial charge >= 0.3 is 0 Å². The third kappa shape index (κ3) is 3.06.